The van der Waals surface area contributed by atoms with Crippen molar-refractivity contribution in [3.05, 3.63) is 16.3 Å². The number of nitrogens with zero attached hydrogens (tertiary/aromatic N) is 7. The minimum atomic E-state index is -0.569. The summed E-state index contributed by atoms with van der Waals surface area (Å²) in [5.41, 5.74) is 0.251. The number of aryl methyl sites for hydroxylation is 2. The van der Waals surface area contributed by atoms with Gasteiger partial charge >= 0.3 is 11.8 Å². The van der Waals surface area contributed by atoms with Gasteiger partial charge in [-0.3, -0.25) is 4.57 Å². The summed E-state index contributed by atoms with van der Waals surface area (Å²) in [5.74, 6) is 1.07. The second-order valence-electron chi connectivity index (χ2n) is 9.07. The van der Waals surface area contributed by atoms with Gasteiger partial charge in [0.05, 0.1) is 18.5 Å². The minimum Gasteiger partial charge on any atom is -0.444 e. The lowest BCUT2D eigenvalue weighted by Crippen LogP contribution is -2.60. The van der Waals surface area contributed by atoms with E-state index in [1.807, 2.05) is 39.5 Å². The number of ether oxygens (including phenoxy) is 1. The maximum absolute atomic E-state index is 12.8. The monoisotopic (exact) mass is 429 g/mol. The minimum absolute atomic E-state index is 0.0887. The first-order valence-corrected chi connectivity index (χ1v) is 10.5. The summed E-state index contributed by atoms with van der Waals surface area (Å²) in [7, 11) is 3.45. The molecule has 0 saturated carbocycles. The molecule has 1 aliphatic heterocycles. The number of rotatable bonds is 3. The van der Waals surface area contributed by atoms with Crippen molar-refractivity contribution in [1.82, 2.24) is 24.0 Å². The molecule has 1 fully saturated rings. The van der Waals surface area contributed by atoms with E-state index >= 15 is 0 Å². The van der Waals surface area contributed by atoms with Crippen molar-refractivity contribution in [2.75, 3.05) is 18.0 Å². The molecule has 2 atom stereocenters. The summed E-state index contributed by atoms with van der Waals surface area (Å²) in [6.45, 7) is 10.5. The largest absolute Gasteiger partial charge is 0.444 e. The van der Waals surface area contributed by atoms with E-state index < -0.39 is 5.60 Å². The second kappa shape index (κ2) is 8.21. The lowest BCUT2D eigenvalue weighted by molar-refractivity contribution is 0.0106. The third-order valence-electron chi connectivity index (χ3n) is 5.63. The van der Waals surface area contributed by atoms with Gasteiger partial charge in [-0.05, 0) is 34.1 Å². The van der Waals surface area contributed by atoms with Crippen molar-refractivity contribution >= 4 is 23.1 Å². The lowest BCUT2D eigenvalue weighted by Gasteiger charge is -2.45. The highest BCUT2D eigenvalue weighted by Gasteiger charge is 2.37. The van der Waals surface area contributed by atoms with Crippen LogP contribution in [-0.4, -0.2) is 60.9 Å². The van der Waals surface area contributed by atoms with Crippen molar-refractivity contribution in [3.8, 4) is 6.07 Å². The van der Waals surface area contributed by atoms with Crippen LogP contribution < -0.4 is 10.6 Å². The highest BCUT2D eigenvalue weighted by molar-refractivity contribution is 5.85. The molecule has 168 valence electrons. The Balaban J connectivity index is 2.03. The zero-order chi connectivity index (χ0) is 23.1. The summed E-state index contributed by atoms with van der Waals surface area (Å²) in [6.07, 6.45) is 0.540. The first-order chi connectivity index (χ1) is 14.5. The van der Waals surface area contributed by atoms with Gasteiger partial charge in [0.1, 0.15) is 22.6 Å². The highest BCUT2D eigenvalue weighted by atomic mass is 16.6. The molecule has 2 aromatic rings. The fourth-order valence-electron chi connectivity index (χ4n) is 4.03. The molecule has 0 bridgehead atoms. The molecule has 1 aliphatic rings. The Bertz CT molecular complexity index is 1090. The van der Waals surface area contributed by atoms with Crippen molar-refractivity contribution in [1.29, 1.82) is 5.26 Å². The molecule has 10 nitrogen and oxygen atoms in total. The molecule has 0 N–H and O–H groups in total. The number of piperazine rings is 1. The van der Waals surface area contributed by atoms with Gasteiger partial charge in [-0.1, -0.05) is 6.92 Å². The number of hydrogen-bond donors (Lipinski definition) is 0. The summed E-state index contributed by atoms with van der Waals surface area (Å²) in [5, 5.41) is 9.13. The van der Waals surface area contributed by atoms with Gasteiger partial charge in [-0.15, -0.1) is 0 Å². The molecule has 0 radical (unpaired) electrons. The van der Waals surface area contributed by atoms with Gasteiger partial charge in [0.25, 0.3) is 0 Å². The molecule has 0 aromatic carbocycles. The Morgan fingerprint density at radius 3 is 2.48 bits per heavy atom. The Labute approximate surface area is 182 Å². The number of carbonyl (C=O) groups excluding carboxylic acids is 1. The lowest BCUT2D eigenvalue weighted by atomic mass is 10.1. The van der Waals surface area contributed by atoms with E-state index in [-0.39, 0.29) is 30.3 Å². The summed E-state index contributed by atoms with van der Waals surface area (Å²) in [4.78, 5) is 38.2. The van der Waals surface area contributed by atoms with Gasteiger partial charge < -0.3 is 19.1 Å². The SMILES string of the molecule is CC[C@@H]1CN(c2nc(=O)n(C)c3c2nc(CC#N)n3C)[C@@H](C)CN1C(=O)OC(C)(C)C. The number of nitriles is 1. The second-order valence-corrected chi connectivity index (χ2v) is 9.07. The van der Waals surface area contributed by atoms with Gasteiger partial charge in [0.2, 0.25) is 0 Å². The van der Waals surface area contributed by atoms with Crippen molar-refractivity contribution in [2.45, 2.75) is 65.1 Å². The van der Waals surface area contributed by atoms with Crippen LogP contribution in [0.15, 0.2) is 4.79 Å². The summed E-state index contributed by atoms with van der Waals surface area (Å²) >= 11 is 0. The number of amides is 1. The summed E-state index contributed by atoms with van der Waals surface area (Å²) in [6, 6.07) is 1.93. The Kier molecular flexibility index (Phi) is 5.98. The van der Waals surface area contributed by atoms with E-state index in [4.69, 9.17) is 10.00 Å². The van der Waals surface area contributed by atoms with Crippen LogP contribution >= 0.6 is 0 Å². The predicted molar refractivity (Wildman–Crippen MR) is 117 cm³/mol. The van der Waals surface area contributed by atoms with E-state index in [0.717, 1.165) is 6.42 Å². The molecule has 10 heteroatoms. The normalized spacial score (nSPS) is 19.5. The molecule has 1 amide bonds. The number of fused-ring (bicyclic) bond motifs is 1. The average molecular weight is 430 g/mol. The van der Waals surface area contributed by atoms with Crippen LogP contribution in [0.25, 0.3) is 11.2 Å². The quantitative estimate of drug-likeness (QED) is 0.733. The van der Waals surface area contributed by atoms with E-state index in [1.165, 1.54) is 4.57 Å². The molecule has 1 saturated heterocycles. The van der Waals surface area contributed by atoms with Crippen molar-refractivity contribution in [3.63, 3.8) is 0 Å². The Morgan fingerprint density at radius 2 is 1.90 bits per heavy atom. The predicted octanol–water partition coefficient (Wildman–Crippen LogP) is 1.96. The van der Waals surface area contributed by atoms with E-state index in [1.54, 1.807) is 23.6 Å². The maximum atomic E-state index is 12.8. The molecule has 0 aliphatic carbocycles. The molecule has 3 rings (SSSR count). The van der Waals surface area contributed by atoms with Crippen LogP contribution in [0.4, 0.5) is 10.6 Å². The average Bonchev–Trinajstić information content (AvgIpc) is 3.00. The van der Waals surface area contributed by atoms with Crippen LogP contribution in [0.2, 0.25) is 0 Å². The van der Waals surface area contributed by atoms with Crippen LogP contribution in [-0.2, 0) is 25.3 Å². The summed E-state index contributed by atoms with van der Waals surface area (Å²) < 4.78 is 8.82. The van der Waals surface area contributed by atoms with Gasteiger partial charge in [0, 0.05) is 33.2 Å². The highest BCUT2D eigenvalue weighted by Crippen LogP contribution is 2.29. The molecule has 3 heterocycles. The number of hydrogen-bond acceptors (Lipinski definition) is 7. The Hall–Kier alpha value is -3.09. The molecular weight excluding hydrogens is 398 g/mol. The topological polar surface area (TPSA) is 109 Å². The smallest absolute Gasteiger partial charge is 0.410 e. The van der Waals surface area contributed by atoms with Gasteiger partial charge in [-0.2, -0.15) is 10.2 Å². The first kappa shape index (κ1) is 22.6. The number of aromatic nitrogens is 4. The number of carbonyl (C=O) groups is 1. The van der Waals surface area contributed by atoms with Gasteiger partial charge in [-0.25, -0.2) is 14.6 Å². The molecule has 31 heavy (non-hydrogen) atoms. The van der Waals surface area contributed by atoms with E-state index in [9.17, 15) is 9.59 Å². The fourth-order valence-corrected chi connectivity index (χ4v) is 4.03. The Morgan fingerprint density at radius 1 is 1.23 bits per heavy atom. The first-order valence-electron chi connectivity index (χ1n) is 10.5. The zero-order valence-electron chi connectivity index (χ0n) is 19.3. The maximum Gasteiger partial charge on any atom is 0.410 e. The van der Waals surface area contributed by atoms with Crippen LogP contribution in [0.1, 0.15) is 46.9 Å². The third kappa shape index (κ3) is 4.22. The molecule has 2 aromatic heterocycles. The standard InChI is InChI=1S/C21H31N7O3/c1-8-14-12-27(13(2)11-28(14)20(30)31-21(3,4)5)17-16-18(26(7)19(29)24-17)25(6)15(23-16)9-10-22/h13-14H,8-9,11-12H2,1-7H3/t13-,14+/m0/s1. The fraction of sp³-hybridized carbons (Fsp3) is 0.667. The van der Waals surface area contributed by atoms with Crippen molar-refractivity contribution in [2.24, 2.45) is 14.1 Å². The van der Waals surface area contributed by atoms with E-state index in [0.29, 0.717) is 35.9 Å². The third-order valence-corrected chi connectivity index (χ3v) is 5.63. The number of anilines is 1. The van der Waals surface area contributed by atoms with Crippen LogP contribution in [0.3, 0.4) is 0 Å². The van der Waals surface area contributed by atoms with Crippen LogP contribution in [0.5, 0.6) is 0 Å². The van der Waals surface area contributed by atoms with Gasteiger partial charge in [0.15, 0.2) is 5.82 Å². The van der Waals surface area contributed by atoms with E-state index in [2.05, 4.69) is 16.0 Å². The van der Waals surface area contributed by atoms with Crippen molar-refractivity contribution < 1.29 is 9.53 Å². The number of imidazole rings is 1. The molecular formula is C21H31N7O3. The zero-order valence-corrected chi connectivity index (χ0v) is 19.3. The molecule has 0 unspecified atom stereocenters. The van der Waals surface area contributed by atoms with Crippen LogP contribution in [0, 0.1) is 11.3 Å². The molecule has 0 spiro atoms.